The second-order valence-electron chi connectivity index (χ2n) is 5.78. The summed E-state index contributed by atoms with van der Waals surface area (Å²) in [5.74, 6) is 0.700. The molecule has 3 nitrogen and oxygen atoms in total. The summed E-state index contributed by atoms with van der Waals surface area (Å²) in [4.78, 5) is -0.0517. The third-order valence-electron chi connectivity index (χ3n) is 3.57. The van der Waals surface area contributed by atoms with Gasteiger partial charge in [0.25, 0.3) is 10.1 Å². The van der Waals surface area contributed by atoms with Crippen molar-refractivity contribution in [3.05, 3.63) is 41.5 Å². The molecular formula is C16H20O3S. The van der Waals surface area contributed by atoms with Crippen LogP contribution in [0.2, 0.25) is 0 Å². The van der Waals surface area contributed by atoms with Gasteiger partial charge in [0, 0.05) is 0 Å². The van der Waals surface area contributed by atoms with Crippen molar-refractivity contribution in [1.82, 2.24) is 0 Å². The lowest BCUT2D eigenvalue weighted by Crippen LogP contribution is -2.00. The predicted molar refractivity (Wildman–Crippen MR) is 81.9 cm³/mol. The lowest BCUT2D eigenvalue weighted by molar-refractivity contribution is 0.483. The summed E-state index contributed by atoms with van der Waals surface area (Å²) in [7, 11) is -4.16. The fraction of sp³-hybridized carbons (Fsp3) is 0.375. The Morgan fingerprint density at radius 2 is 1.60 bits per heavy atom. The number of hydrogen-bond donors (Lipinski definition) is 1. The first-order valence-electron chi connectivity index (χ1n) is 6.75. The molecule has 0 unspecified atom stereocenters. The molecule has 0 aliphatic rings. The van der Waals surface area contributed by atoms with Crippen molar-refractivity contribution in [3.8, 4) is 0 Å². The Morgan fingerprint density at radius 3 is 2.10 bits per heavy atom. The van der Waals surface area contributed by atoms with Gasteiger partial charge in [-0.25, -0.2) is 0 Å². The molecule has 0 spiro atoms. The predicted octanol–water partition coefficient (Wildman–Crippen LogP) is 4.33. The standard InChI is InChI=1S/C16H20O3S/c1-10(2)13-7-12-5-6-14(20(17,18)19)9-16(12)15(8-13)11(3)4/h5-11H,1-4H3,(H,17,18,19). The average molecular weight is 292 g/mol. The van der Waals surface area contributed by atoms with Crippen LogP contribution in [0.5, 0.6) is 0 Å². The highest BCUT2D eigenvalue weighted by molar-refractivity contribution is 7.85. The van der Waals surface area contributed by atoms with Crippen LogP contribution in [0.15, 0.2) is 35.2 Å². The van der Waals surface area contributed by atoms with Gasteiger partial charge < -0.3 is 0 Å². The molecular weight excluding hydrogens is 272 g/mol. The molecule has 2 aromatic rings. The van der Waals surface area contributed by atoms with Gasteiger partial charge in [-0.3, -0.25) is 4.55 Å². The summed E-state index contributed by atoms with van der Waals surface area (Å²) in [6, 6.07) is 8.98. The molecule has 0 aromatic heterocycles. The van der Waals surface area contributed by atoms with Crippen LogP contribution in [-0.2, 0) is 10.1 Å². The second-order valence-corrected chi connectivity index (χ2v) is 7.20. The van der Waals surface area contributed by atoms with Crippen LogP contribution in [0.25, 0.3) is 10.8 Å². The first kappa shape index (κ1) is 15.0. The molecule has 0 bridgehead atoms. The molecule has 0 amide bonds. The zero-order valence-corrected chi connectivity index (χ0v) is 13.0. The molecule has 4 heteroatoms. The average Bonchev–Trinajstić information content (AvgIpc) is 2.35. The number of benzene rings is 2. The molecule has 0 saturated heterocycles. The topological polar surface area (TPSA) is 54.4 Å². The summed E-state index contributed by atoms with van der Waals surface area (Å²) < 4.78 is 31.8. The molecule has 2 rings (SSSR count). The Bertz CT molecular complexity index is 744. The fourth-order valence-corrected chi connectivity index (χ4v) is 2.87. The molecule has 0 radical (unpaired) electrons. The van der Waals surface area contributed by atoms with Crippen molar-refractivity contribution >= 4 is 20.9 Å². The van der Waals surface area contributed by atoms with Crippen molar-refractivity contribution in [3.63, 3.8) is 0 Å². The highest BCUT2D eigenvalue weighted by atomic mass is 32.2. The van der Waals surface area contributed by atoms with Gasteiger partial charge >= 0.3 is 0 Å². The van der Waals surface area contributed by atoms with E-state index in [2.05, 4.69) is 39.8 Å². The molecule has 2 aromatic carbocycles. The minimum Gasteiger partial charge on any atom is -0.282 e. The fourth-order valence-electron chi connectivity index (χ4n) is 2.36. The number of rotatable bonds is 3. The summed E-state index contributed by atoms with van der Waals surface area (Å²) in [5, 5.41) is 1.90. The Balaban J connectivity index is 2.81. The van der Waals surface area contributed by atoms with Gasteiger partial charge in [-0.05, 0) is 45.9 Å². The third-order valence-corrected chi connectivity index (χ3v) is 4.42. The van der Waals surface area contributed by atoms with Crippen LogP contribution in [0.4, 0.5) is 0 Å². The van der Waals surface area contributed by atoms with Gasteiger partial charge in [0.05, 0.1) is 4.90 Å². The molecule has 0 heterocycles. The van der Waals surface area contributed by atoms with Crippen molar-refractivity contribution in [2.75, 3.05) is 0 Å². The highest BCUT2D eigenvalue weighted by Gasteiger charge is 2.14. The summed E-state index contributed by atoms with van der Waals surface area (Å²) in [6.45, 7) is 8.44. The lowest BCUT2D eigenvalue weighted by atomic mass is 9.90. The van der Waals surface area contributed by atoms with Gasteiger partial charge in [-0.1, -0.05) is 45.9 Å². The van der Waals surface area contributed by atoms with E-state index < -0.39 is 10.1 Å². The van der Waals surface area contributed by atoms with Crippen LogP contribution >= 0.6 is 0 Å². The molecule has 0 aliphatic heterocycles. The van der Waals surface area contributed by atoms with E-state index >= 15 is 0 Å². The van der Waals surface area contributed by atoms with Gasteiger partial charge in [-0.15, -0.1) is 0 Å². The number of hydrogen-bond acceptors (Lipinski definition) is 2. The third kappa shape index (κ3) is 2.86. The maximum atomic E-state index is 11.3. The highest BCUT2D eigenvalue weighted by Crippen LogP contribution is 2.31. The minimum absolute atomic E-state index is 0.0517. The van der Waals surface area contributed by atoms with Gasteiger partial charge in [-0.2, -0.15) is 8.42 Å². The maximum absolute atomic E-state index is 11.3. The molecule has 0 fully saturated rings. The molecule has 0 aliphatic carbocycles. The quantitative estimate of drug-likeness (QED) is 0.856. The maximum Gasteiger partial charge on any atom is 0.294 e. The summed E-state index contributed by atoms with van der Waals surface area (Å²) in [6.07, 6.45) is 0. The Hall–Kier alpha value is -1.39. The second kappa shape index (κ2) is 5.19. The van der Waals surface area contributed by atoms with Crippen molar-refractivity contribution in [2.24, 2.45) is 0 Å². The van der Waals surface area contributed by atoms with E-state index in [1.54, 1.807) is 12.1 Å². The van der Waals surface area contributed by atoms with Crippen LogP contribution in [0, 0.1) is 0 Å². The normalized spacial score (nSPS) is 12.6. The monoisotopic (exact) mass is 292 g/mol. The van der Waals surface area contributed by atoms with Crippen LogP contribution in [0.1, 0.15) is 50.7 Å². The molecule has 108 valence electrons. The largest absolute Gasteiger partial charge is 0.294 e. The molecule has 0 saturated carbocycles. The Labute approximate surface area is 120 Å². The lowest BCUT2D eigenvalue weighted by Gasteiger charge is -2.15. The molecule has 20 heavy (non-hydrogen) atoms. The van der Waals surface area contributed by atoms with Gasteiger partial charge in [0.1, 0.15) is 0 Å². The van der Waals surface area contributed by atoms with Crippen LogP contribution in [-0.4, -0.2) is 13.0 Å². The zero-order chi connectivity index (χ0) is 15.1. The van der Waals surface area contributed by atoms with Gasteiger partial charge in [0.15, 0.2) is 0 Å². The Kier molecular flexibility index (Phi) is 3.89. The SMILES string of the molecule is CC(C)c1cc(C(C)C)c2cc(S(=O)(=O)O)ccc2c1. The summed E-state index contributed by atoms with van der Waals surface area (Å²) >= 11 is 0. The van der Waals surface area contributed by atoms with E-state index in [1.165, 1.54) is 11.6 Å². The minimum atomic E-state index is -4.16. The molecule has 1 N–H and O–H groups in total. The summed E-state index contributed by atoms with van der Waals surface area (Å²) in [5.41, 5.74) is 2.34. The van der Waals surface area contributed by atoms with Crippen LogP contribution < -0.4 is 0 Å². The van der Waals surface area contributed by atoms with Crippen LogP contribution in [0.3, 0.4) is 0 Å². The Morgan fingerprint density at radius 1 is 0.950 bits per heavy atom. The van der Waals surface area contributed by atoms with Crippen molar-refractivity contribution < 1.29 is 13.0 Å². The van der Waals surface area contributed by atoms with E-state index in [1.807, 2.05) is 0 Å². The van der Waals surface area contributed by atoms with E-state index in [9.17, 15) is 13.0 Å². The number of fused-ring (bicyclic) bond motifs is 1. The van der Waals surface area contributed by atoms with E-state index in [0.717, 1.165) is 16.3 Å². The first-order valence-corrected chi connectivity index (χ1v) is 8.19. The van der Waals surface area contributed by atoms with Crippen molar-refractivity contribution in [1.29, 1.82) is 0 Å². The van der Waals surface area contributed by atoms with E-state index in [4.69, 9.17) is 0 Å². The first-order chi connectivity index (χ1) is 9.20. The molecule has 0 atom stereocenters. The smallest absolute Gasteiger partial charge is 0.282 e. The van der Waals surface area contributed by atoms with Crippen molar-refractivity contribution in [2.45, 2.75) is 44.4 Å². The van der Waals surface area contributed by atoms with E-state index in [-0.39, 0.29) is 10.8 Å². The zero-order valence-electron chi connectivity index (χ0n) is 12.2. The van der Waals surface area contributed by atoms with Gasteiger partial charge in [0.2, 0.25) is 0 Å². The van der Waals surface area contributed by atoms with E-state index in [0.29, 0.717) is 5.92 Å².